The van der Waals surface area contributed by atoms with Gasteiger partial charge in [-0.1, -0.05) is 0 Å². The van der Waals surface area contributed by atoms with E-state index < -0.39 is 0 Å². The number of rotatable bonds is 5. The first-order valence-electron chi connectivity index (χ1n) is 5.24. The topological polar surface area (TPSA) is 55.6 Å². The van der Waals surface area contributed by atoms with Gasteiger partial charge in [0.2, 0.25) is 0 Å². The first kappa shape index (κ1) is 11.2. The molecule has 0 radical (unpaired) electrons. The molecule has 0 saturated carbocycles. The van der Waals surface area contributed by atoms with Crippen molar-refractivity contribution in [1.29, 1.82) is 0 Å². The average molecular weight is 237 g/mol. The fourth-order valence-corrected chi connectivity index (χ4v) is 2.02. The summed E-state index contributed by atoms with van der Waals surface area (Å²) in [5.74, 6) is 0.972. The molecule has 0 aliphatic rings. The van der Waals surface area contributed by atoms with E-state index in [0.717, 1.165) is 18.9 Å². The molecule has 2 aromatic rings. The normalized spacial score (nSPS) is 11.2. The van der Waals surface area contributed by atoms with Crippen molar-refractivity contribution in [2.75, 3.05) is 0 Å². The summed E-state index contributed by atoms with van der Waals surface area (Å²) in [7, 11) is 0. The highest BCUT2D eigenvalue weighted by Gasteiger charge is 2.06. The highest BCUT2D eigenvalue weighted by molar-refractivity contribution is 7.09. The van der Waals surface area contributed by atoms with Crippen molar-refractivity contribution in [2.24, 2.45) is 0 Å². The van der Waals surface area contributed by atoms with Crippen molar-refractivity contribution in [2.45, 2.75) is 33.0 Å². The lowest BCUT2D eigenvalue weighted by atomic mass is 10.4. The largest absolute Gasteiger partial charge is 0.305 e. The smallest absolute Gasteiger partial charge is 0.141 e. The highest BCUT2D eigenvalue weighted by atomic mass is 32.1. The van der Waals surface area contributed by atoms with Gasteiger partial charge in [-0.2, -0.15) is 5.10 Å². The van der Waals surface area contributed by atoms with Crippen LogP contribution in [0.15, 0.2) is 18.0 Å². The molecule has 2 heterocycles. The number of aromatic nitrogens is 4. The molecule has 1 N–H and O–H groups in total. The van der Waals surface area contributed by atoms with Gasteiger partial charge in [-0.15, -0.1) is 11.3 Å². The number of hydrogen-bond acceptors (Lipinski definition) is 5. The summed E-state index contributed by atoms with van der Waals surface area (Å²) in [4.78, 5) is 9.49. The molecule has 0 atom stereocenters. The number of thiazole rings is 1. The lowest BCUT2D eigenvalue weighted by Gasteiger charge is -2.09. The molecule has 0 bridgehead atoms. The Morgan fingerprint density at radius 2 is 2.31 bits per heavy atom. The van der Waals surface area contributed by atoms with Gasteiger partial charge >= 0.3 is 0 Å². The molecule has 0 amide bonds. The Hall–Kier alpha value is -1.27. The number of hydrogen-bond donors (Lipinski definition) is 1. The third-order valence-electron chi connectivity index (χ3n) is 2.20. The van der Waals surface area contributed by atoms with E-state index in [0.29, 0.717) is 6.04 Å². The second-order valence-corrected chi connectivity index (χ2v) is 4.76. The van der Waals surface area contributed by atoms with Crippen LogP contribution in [0.3, 0.4) is 0 Å². The Kier molecular flexibility index (Phi) is 3.63. The van der Waals surface area contributed by atoms with Crippen molar-refractivity contribution in [3.05, 3.63) is 28.7 Å². The Morgan fingerprint density at radius 1 is 1.44 bits per heavy atom. The van der Waals surface area contributed by atoms with Crippen molar-refractivity contribution in [3.8, 4) is 0 Å². The SMILES string of the molecule is CC(C)n1ncnc1CNCc1cncs1. The summed E-state index contributed by atoms with van der Waals surface area (Å²) in [5.41, 5.74) is 1.84. The second-order valence-electron chi connectivity index (χ2n) is 3.79. The number of nitrogens with zero attached hydrogens (tertiary/aromatic N) is 4. The second kappa shape index (κ2) is 5.18. The molecule has 16 heavy (non-hydrogen) atoms. The van der Waals surface area contributed by atoms with Crippen LogP contribution in [0.1, 0.15) is 30.6 Å². The Balaban J connectivity index is 1.87. The molecule has 2 aromatic heterocycles. The van der Waals surface area contributed by atoms with Crippen LogP contribution in [-0.4, -0.2) is 19.7 Å². The Labute approximate surface area is 98.5 Å². The molecule has 0 fully saturated rings. The van der Waals surface area contributed by atoms with E-state index in [-0.39, 0.29) is 0 Å². The lowest BCUT2D eigenvalue weighted by molar-refractivity contribution is 0.490. The maximum atomic E-state index is 4.23. The van der Waals surface area contributed by atoms with E-state index in [4.69, 9.17) is 0 Å². The van der Waals surface area contributed by atoms with E-state index in [1.165, 1.54) is 4.88 Å². The summed E-state index contributed by atoms with van der Waals surface area (Å²) < 4.78 is 1.93. The monoisotopic (exact) mass is 237 g/mol. The molecule has 5 nitrogen and oxygen atoms in total. The minimum Gasteiger partial charge on any atom is -0.305 e. The molecule has 0 aliphatic carbocycles. The minimum atomic E-state index is 0.350. The van der Waals surface area contributed by atoms with Crippen LogP contribution in [-0.2, 0) is 13.1 Å². The van der Waals surface area contributed by atoms with Crippen molar-refractivity contribution in [1.82, 2.24) is 25.1 Å². The van der Waals surface area contributed by atoms with E-state index in [9.17, 15) is 0 Å². The molecule has 0 aliphatic heterocycles. The predicted octanol–water partition coefficient (Wildman–Crippen LogP) is 1.61. The van der Waals surface area contributed by atoms with Gasteiger partial charge in [0, 0.05) is 23.7 Å². The molecule has 0 spiro atoms. The predicted molar refractivity (Wildman–Crippen MR) is 63.1 cm³/mol. The van der Waals surface area contributed by atoms with Gasteiger partial charge < -0.3 is 5.32 Å². The van der Waals surface area contributed by atoms with E-state index >= 15 is 0 Å². The zero-order chi connectivity index (χ0) is 11.4. The van der Waals surface area contributed by atoms with Gasteiger partial charge in [-0.25, -0.2) is 9.67 Å². The number of nitrogens with one attached hydrogen (secondary N) is 1. The van der Waals surface area contributed by atoms with Crippen LogP contribution in [0, 0.1) is 0 Å². The van der Waals surface area contributed by atoms with Crippen molar-refractivity contribution < 1.29 is 0 Å². The standard InChI is InChI=1S/C10H15N5S/c1-8(2)15-10(13-6-14-15)5-11-3-9-4-12-7-16-9/h4,6-8,11H,3,5H2,1-2H3. The van der Waals surface area contributed by atoms with Crippen LogP contribution in [0.2, 0.25) is 0 Å². The fourth-order valence-electron chi connectivity index (χ4n) is 1.46. The molecular formula is C10H15N5S. The van der Waals surface area contributed by atoms with Crippen molar-refractivity contribution >= 4 is 11.3 Å². The summed E-state index contributed by atoms with van der Waals surface area (Å²) in [5, 5.41) is 7.52. The zero-order valence-corrected chi connectivity index (χ0v) is 10.2. The quantitative estimate of drug-likeness (QED) is 0.858. The minimum absolute atomic E-state index is 0.350. The van der Waals surface area contributed by atoms with Gasteiger partial charge in [0.05, 0.1) is 12.1 Å². The van der Waals surface area contributed by atoms with Crippen LogP contribution in [0.5, 0.6) is 0 Å². The summed E-state index contributed by atoms with van der Waals surface area (Å²) >= 11 is 1.65. The Bertz CT molecular complexity index is 420. The molecule has 0 aromatic carbocycles. The third-order valence-corrected chi connectivity index (χ3v) is 2.98. The van der Waals surface area contributed by atoms with Gasteiger partial charge in [0.1, 0.15) is 12.2 Å². The van der Waals surface area contributed by atoms with Crippen LogP contribution >= 0.6 is 11.3 Å². The van der Waals surface area contributed by atoms with Gasteiger partial charge in [-0.3, -0.25) is 4.98 Å². The van der Waals surface area contributed by atoms with Crippen LogP contribution < -0.4 is 5.32 Å². The highest BCUT2D eigenvalue weighted by Crippen LogP contribution is 2.07. The molecule has 2 rings (SSSR count). The third kappa shape index (κ3) is 2.65. The van der Waals surface area contributed by atoms with E-state index in [2.05, 4.69) is 34.2 Å². The summed E-state index contributed by atoms with van der Waals surface area (Å²) in [6.07, 6.45) is 3.48. The summed E-state index contributed by atoms with van der Waals surface area (Å²) in [6, 6.07) is 0.350. The van der Waals surface area contributed by atoms with Gasteiger partial charge in [0.25, 0.3) is 0 Å². The lowest BCUT2D eigenvalue weighted by Crippen LogP contribution is -2.17. The van der Waals surface area contributed by atoms with E-state index in [1.807, 2.05) is 16.4 Å². The van der Waals surface area contributed by atoms with Gasteiger partial charge in [0.15, 0.2) is 0 Å². The molecular weight excluding hydrogens is 222 g/mol. The fraction of sp³-hybridized carbons (Fsp3) is 0.500. The molecule has 6 heteroatoms. The zero-order valence-electron chi connectivity index (χ0n) is 9.42. The average Bonchev–Trinajstić information content (AvgIpc) is 2.87. The maximum Gasteiger partial charge on any atom is 0.141 e. The van der Waals surface area contributed by atoms with Crippen LogP contribution in [0.4, 0.5) is 0 Å². The molecule has 0 unspecified atom stereocenters. The van der Waals surface area contributed by atoms with E-state index in [1.54, 1.807) is 17.7 Å². The Morgan fingerprint density at radius 3 is 3.00 bits per heavy atom. The summed E-state index contributed by atoms with van der Waals surface area (Å²) in [6.45, 7) is 5.76. The molecule has 86 valence electrons. The maximum absolute atomic E-state index is 4.23. The first-order valence-corrected chi connectivity index (χ1v) is 6.12. The first-order chi connectivity index (χ1) is 7.77. The van der Waals surface area contributed by atoms with Gasteiger partial charge in [-0.05, 0) is 13.8 Å². The van der Waals surface area contributed by atoms with Crippen molar-refractivity contribution in [3.63, 3.8) is 0 Å². The van der Waals surface area contributed by atoms with Crippen LogP contribution in [0.25, 0.3) is 0 Å². The molecule has 0 saturated heterocycles.